The van der Waals surface area contributed by atoms with E-state index >= 15 is 0 Å². The van der Waals surface area contributed by atoms with Gasteiger partial charge in [0.1, 0.15) is 5.75 Å². The van der Waals surface area contributed by atoms with E-state index in [9.17, 15) is 12.9 Å². The predicted molar refractivity (Wildman–Crippen MR) is 70.9 cm³/mol. The fourth-order valence-electron chi connectivity index (χ4n) is 2.29. The zero-order valence-corrected chi connectivity index (χ0v) is 14.9. The van der Waals surface area contributed by atoms with E-state index in [0.29, 0.717) is 12.4 Å². The van der Waals surface area contributed by atoms with Gasteiger partial charge in [0.2, 0.25) is 0 Å². The monoisotopic (exact) mass is 311 g/mol. The predicted octanol–water partition coefficient (Wildman–Crippen LogP) is -0.390. The molecular weight excluding hydrogens is 293 g/mol. The summed E-state index contributed by atoms with van der Waals surface area (Å²) in [5.74, 6) is 0.304. The van der Waals surface area contributed by atoms with Crippen molar-refractivity contribution in [2.75, 3.05) is 26.2 Å². The molecule has 2 rings (SSSR count). The number of likely N-dealkylation sites (tertiary alicyclic amines) is 1. The van der Waals surface area contributed by atoms with Gasteiger partial charge in [-0.05, 0) is 44.5 Å². The SMILES string of the molecule is F[B-](F)(F)c1cccc(OCCCN2CCCC2)c1.[K+]. The normalized spacial score (nSPS) is 15.9. The average molecular weight is 311 g/mol. The summed E-state index contributed by atoms with van der Waals surface area (Å²) in [5, 5.41) is 0. The Morgan fingerprint density at radius 3 is 2.50 bits per heavy atom. The summed E-state index contributed by atoms with van der Waals surface area (Å²) in [4.78, 5) is 2.36. The number of ether oxygens (including phenoxy) is 1. The molecule has 0 saturated carbocycles. The van der Waals surface area contributed by atoms with E-state index in [4.69, 9.17) is 4.74 Å². The van der Waals surface area contributed by atoms with Gasteiger partial charge in [0.15, 0.2) is 0 Å². The molecule has 1 aromatic carbocycles. The molecule has 2 nitrogen and oxygen atoms in total. The van der Waals surface area contributed by atoms with Crippen LogP contribution in [0.15, 0.2) is 24.3 Å². The minimum absolute atomic E-state index is 0. The Morgan fingerprint density at radius 2 is 1.85 bits per heavy atom. The molecule has 0 N–H and O–H groups in total. The molecule has 1 aromatic rings. The summed E-state index contributed by atoms with van der Waals surface area (Å²) in [6.07, 6.45) is 3.34. The first-order chi connectivity index (χ1) is 9.05. The summed E-state index contributed by atoms with van der Waals surface area (Å²) in [6.45, 7) is -1.26. The third kappa shape index (κ3) is 6.07. The molecule has 1 aliphatic heterocycles. The standard InChI is InChI=1S/C13H18BF3NO.K/c15-14(16,17)12-5-3-6-13(11-12)19-10-4-9-18-7-1-2-8-18;/h3,5-6,11H,1-2,4,7-10H2;/q-1;+1. The Hall–Kier alpha value is 0.471. The molecule has 0 unspecified atom stereocenters. The molecular formula is C13H18BF3KNO. The number of hydrogen-bond donors (Lipinski definition) is 0. The van der Waals surface area contributed by atoms with E-state index in [1.807, 2.05) is 0 Å². The van der Waals surface area contributed by atoms with Gasteiger partial charge in [-0.1, -0.05) is 12.1 Å². The van der Waals surface area contributed by atoms with Gasteiger partial charge in [-0.3, -0.25) is 0 Å². The molecule has 1 heterocycles. The first-order valence-electron chi connectivity index (χ1n) is 6.71. The maximum atomic E-state index is 12.6. The van der Waals surface area contributed by atoms with Gasteiger partial charge >= 0.3 is 58.4 Å². The van der Waals surface area contributed by atoms with Crippen LogP contribution in [-0.2, 0) is 0 Å². The molecule has 0 radical (unpaired) electrons. The first-order valence-corrected chi connectivity index (χ1v) is 6.71. The summed E-state index contributed by atoms with van der Waals surface area (Å²) in [7, 11) is 0. The van der Waals surface area contributed by atoms with Crippen molar-refractivity contribution in [3.63, 3.8) is 0 Å². The van der Waals surface area contributed by atoms with E-state index in [0.717, 1.165) is 38.2 Å². The minimum Gasteiger partial charge on any atom is -0.494 e. The largest absolute Gasteiger partial charge is 1.00 e. The second-order valence-electron chi connectivity index (χ2n) is 4.90. The van der Waals surface area contributed by atoms with Crippen LogP contribution in [0.1, 0.15) is 19.3 Å². The van der Waals surface area contributed by atoms with Crippen LogP contribution in [0.3, 0.4) is 0 Å². The quantitative estimate of drug-likeness (QED) is 0.524. The van der Waals surface area contributed by atoms with Gasteiger partial charge < -0.3 is 22.6 Å². The third-order valence-electron chi connectivity index (χ3n) is 3.32. The maximum absolute atomic E-state index is 12.6. The Kier molecular flexibility index (Phi) is 8.15. The van der Waals surface area contributed by atoms with E-state index in [2.05, 4.69) is 4.90 Å². The van der Waals surface area contributed by atoms with E-state index in [1.165, 1.54) is 18.9 Å². The van der Waals surface area contributed by atoms with Crippen molar-refractivity contribution >= 4 is 12.4 Å². The zero-order valence-electron chi connectivity index (χ0n) is 11.8. The molecule has 0 aromatic heterocycles. The van der Waals surface area contributed by atoms with Crippen LogP contribution in [0.25, 0.3) is 0 Å². The number of hydrogen-bond acceptors (Lipinski definition) is 2. The van der Waals surface area contributed by atoms with Crippen molar-refractivity contribution in [3.05, 3.63) is 24.3 Å². The molecule has 1 saturated heterocycles. The van der Waals surface area contributed by atoms with Crippen LogP contribution >= 0.6 is 0 Å². The number of halogens is 3. The van der Waals surface area contributed by atoms with Crippen LogP contribution in [-0.4, -0.2) is 38.1 Å². The fourth-order valence-corrected chi connectivity index (χ4v) is 2.29. The van der Waals surface area contributed by atoms with E-state index in [1.54, 1.807) is 6.07 Å². The summed E-state index contributed by atoms with van der Waals surface area (Å²) >= 11 is 0. The van der Waals surface area contributed by atoms with Crippen molar-refractivity contribution in [2.45, 2.75) is 19.3 Å². The molecule has 106 valence electrons. The summed E-state index contributed by atoms with van der Waals surface area (Å²) in [5.41, 5.74) is -0.600. The summed E-state index contributed by atoms with van der Waals surface area (Å²) in [6, 6.07) is 5.12. The molecule has 0 aliphatic carbocycles. The summed E-state index contributed by atoms with van der Waals surface area (Å²) < 4.78 is 43.1. The van der Waals surface area contributed by atoms with E-state index < -0.39 is 12.4 Å². The average Bonchev–Trinajstić information content (AvgIpc) is 2.87. The van der Waals surface area contributed by atoms with Crippen LogP contribution in [0.5, 0.6) is 5.75 Å². The molecule has 20 heavy (non-hydrogen) atoms. The van der Waals surface area contributed by atoms with Gasteiger partial charge in [0.25, 0.3) is 0 Å². The van der Waals surface area contributed by atoms with Crippen LogP contribution in [0, 0.1) is 0 Å². The molecule has 0 bridgehead atoms. The number of nitrogens with zero attached hydrogens (tertiary/aromatic N) is 1. The minimum atomic E-state index is -4.95. The van der Waals surface area contributed by atoms with Crippen molar-refractivity contribution in [2.24, 2.45) is 0 Å². The van der Waals surface area contributed by atoms with Crippen molar-refractivity contribution in [3.8, 4) is 5.75 Å². The number of benzene rings is 1. The molecule has 0 spiro atoms. The first kappa shape index (κ1) is 18.5. The van der Waals surface area contributed by atoms with Crippen molar-refractivity contribution in [1.82, 2.24) is 4.90 Å². The van der Waals surface area contributed by atoms with Gasteiger partial charge in [-0.25, -0.2) is 0 Å². The second kappa shape index (κ2) is 8.80. The smallest absolute Gasteiger partial charge is 0.494 e. The van der Waals surface area contributed by atoms with Gasteiger partial charge in [-0.15, -0.1) is 5.46 Å². The Balaban J connectivity index is 0.00000200. The van der Waals surface area contributed by atoms with Crippen LogP contribution in [0.2, 0.25) is 0 Å². The van der Waals surface area contributed by atoms with E-state index in [-0.39, 0.29) is 51.4 Å². The molecule has 7 heteroatoms. The maximum Gasteiger partial charge on any atom is 1.00 e. The Labute approximate surface area is 160 Å². The van der Waals surface area contributed by atoms with Crippen LogP contribution < -0.4 is 61.6 Å². The fraction of sp³-hybridized carbons (Fsp3) is 0.538. The van der Waals surface area contributed by atoms with Gasteiger partial charge in [-0.2, -0.15) is 0 Å². The second-order valence-corrected chi connectivity index (χ2v) is 4.90. The van der Waals surface area contributed by atoms with Crippen LogP contribution in [0.4, 0.5) is 12.9 Å². The third-order valence-corrected chi connectivity index (χ3v) is 3.32. The molecule has 0 amide bonds. The molecule has 1 aliphatic rings. The van der Waals surface area contributed by atoms with Gasteiger partial charge in [0, 0.05) is 6.54 Å². The number of rotatable bonds is 6. The topological polar surface area (TPSA) is 12.5 Å². The molecule has 0 atom stereocenters. The molecule has 1 fully saturated rings. The Morgan fingerprint density at radius 1 is 1.15 bits per heavy atom. The van der Waals surface area contributed by atoms with Crippen molar-refractivity contribution < 1.29 is 69.1 Å². The van der Waals surface area contributed by atoms with Crippen molar-refractivity contribution in [1.29, 1.82) is 0 Å². The van der Waals surface area contributed by atoms with Gasteiger partial charge in [0.05, 0.1) is 6.61 Å². The zero-order chi connectivity index (χ0) is 13.7. The Bertz CT molecular complexity index is 411.